The number of likely N-dealkylation sites (tertiary alicyclic amines) is 2. The van der Waals surface area contributed by atoms with Crippen LogP contribution in [0.5, 0.6) is 0 Å². The predicted octanol–water partition coefficient (Wildman–Crippen LogP) is 7.34. The smallest absolute Gasteiger partial charge is 0.263 e. The standard InChI is InChI=1S/C59H84F2N8O6/c1-7-9-15-42(48(63)35(3)74-6)52-44-31-58(4,5)34-75-57(73)45(62)16-12-23-64-54(70)46(28-36-26-40(29-41(27-36)53(60)61)39-19-20-47(43(44)30-39)69(52)8-2)65-55(71)51(38-13-10-11-14-38)67-24-21-59(32-67)22-25-68(33-59)56(72)50-49(66-50)37-17-18-37/h9,15,19-20,26-27,29-30,35,37-38,45-46,49-51,53,57,66,73H,7-8,10-14,16-18,21-25,28,31-34,62-63H2,1-6H3,(H,64,70)(H,65,71)/b15-9-,48-42+/t35-,45-,46-,49+,50+,51-,57?,59-/m0/s1. The number of amides is 3. The predicted molar refractivity (Wildman–Crippen MR) is 289 cm³/mol. The van der Waals surface area contributed by atoms with E-state index < -0.39 is 48.3 Å². The molecule has 3 aromatic rings. The number of carbonyl (C=O) groups excluding carboxylic acids is 3. The highest BCUT2D eigenvalue weighted by Crippen LogP contribution is 2.46. The fourth-order valence-electron chi connectivity index (χ4n) is 13.0. The molecule has 6 aliphatic rings. The maximum Gasteiger partial charge on any atom is 0.263 e. The van der Waals surface area contributed by atoms with Gasteiger partial charge in [0.2, 0.25) is 17.7 Å². The largest absolute Gasteiger partial charge is 0.399 e. The van der Waals surface area contributed by atoms with Gasteiger partial charge in [0.15, 0.2) is 6.29 Å². The van der Waals surface area contributed by atoms with Gasteiger partial charge in [-0.2, -0.15) is 0 Å². The van der Waals surface area contributed by atoms with Crippen LogP contribution in [0.1, 0.15) is 134 Å². The van der Waals surface area contributed by atoms with E-state index in [-0.39, 0.29) is 54.3 Å². The number of aromatic nitrogens is 1. The second kappa shape index (κ2) is 23.1. The van der Waals surface area contributed by atoms with Gasteiger partial charge in [-0.05, 0) is 142 Å². The summed E-state index contributed by atoms with van der Waals surface area (Å²) in [5.74, 6) is 0.271. The molecule has 75 heavy (non-hydrogen) atoms. The number of aryl methyl sites for hydroxylation is 1. The summed E-state index contributed by atoms with van der Waals surface area (Å²) in [6.45, 7) is 14.0. The molecule has 4 aliphatic heterocycles. The molecule has 14 nitrogen and oxygen atoms in total. The Balaban J connectivity index is 1.07. The number of benzene rings is 2. The van der Waals surface area contributed by atoms with Crippen LogP contribution in [-0.2, 0) is 43.2 Å². The Morgan fingerprint density at radius 2 is 1.77 bits per heavy atom. The van der Waals surface area contributed by atoms with Crippen LogP contribution in [0.15, 0.2) is 54.2 Å². The molecule has 410 valence electrons. The maximum absolute atomic E-state index is 15.1. The minimum absolute atomic E-state index is 0.0282. The Morgan fingerprint density at radius 1 is 1.01 bits per heavy atom. The number of nitrogens with zero attached hydrogens (tertiary/aromatic N) is 3. The Morgan fingerprint density at radius 3 is 2.48 bits per heavy atom. The summed E-state index contributed by atoms with van der Waals surface area (Å²) in [5.41, 5.74) is 18.7. The maximum atomic E-state index is 15.1. The number of methoxy groups -OCH3 is 1. The van der Waals surface area contributed by atoms with Gasteiger partial charge in [0.05, 0.1) is 30.5 Å². The molecule has 16 heteroatoms. The van der Waals surface area contributed by atoms with Gasteiger partial charge in [0.1, 0.15) is 12.1 Å². The van der Waals surface area contributed by atoms with Gasteiger partial charge in [-0.3, -0.25) is 24.6 Å². The van der Waals surface area contributed by atoms with Gasteiger partial charge < -0.3 is 46.1 Å². The van der Waals surface area contributed by atoms with E-state index in [1.54, 1.807) is 7.11 Å². The van der Waals surface area contributed by atoms with E-state index in [2.05, 4.69) is 71.3 Å². The van der Waals surface area contributed by atoms with E-state index in [9.17, 15) is 14.7 Å². The van der Waals surface area contributed by atoms with E-state index in [1.807, 2.05) is 30.0 Å². The zero-order valence-corrected chi connectivity index (χ0v) is 45.3. The highest BCUT2D eigenvalue weighted by Gasteiger charge is 2.55. The first-order chi connectivity index (χ1) is 35.9. The van der Waals surface area contributed by atoms with Crippen molar-refractivity contribution in [3.63, 3.8) is 0 Å². The number of aliphatic hydroxyl groups is 1. The van der Waals surface area contributed by atoms with Gasteiger partial charge in [0.25, 0.3) is 6.43 Å². The molecule has 4 bridgehead atoms. The first-order valence-corrected chi connectivity index (χ1v) is 28.1. The van der Waals surface area contributed by atoms with Crippen LogP contribution in [-0.4, -0.2) is 126 Å². The molecule has 1 spiro atoms. The normalized spacial score (nSPS) is 28.3. The van der Waals surface area contributed by atoms with E-state index in [1.165, 1.54) is 25.0 Å². The molecule has 2 aliphatic carbocycles. The number of rotatable bonds is 13. The number of nitrogens with two attached hydrogens (primary N) is 2. The van der Waals surface area contributed by atoms with Gasteiger partial charge in [-0.25, -0.2) is 8.78 Å². The van der Waals surface area contributed by atoms with Crippen LogP contribution in [0, 0.1) is 22.7 Å². The quantitative estimate of drug-likeness (QED) is 0.0744. The number of allylic oxidation sites excluding steroid dienone is 3. The van der Waals surface area contributed by atoms with Crippen LogP contribution in [0.3, 0.4) is 0 Å². The molecule has 1 aromatic heterocycles. The number of aliphatic hydroxyl groups excluding tert-OH is 1. The summed E-state index contributed by atoms with van der Waals surface area (Å²) in [5, 5.41) is 21.9. The molecular formula is C59H84F2N8O6. The summed E-state index contributed by atoms with van der Waals surface area (Å²) in [6, 6.07) is 8.83. The Kier molecular flexibility index (Phi) is 17.0. The summed E-state index contributed by atoms with van der Waals surface area (Å²) in [4.78, 5) is 47.5. The molecule has 2 aromatic carbocycles. The summed E-state index contributed by atoms with van der Waals surface area (Å²) in [7, 11) is 1.63. The number of halogens is 2. The molecule has 0 radical (unpaired) electrons. The number of hydrogen-bond donors (Lipinski definition) is 6. The minimum Gasteiger partial charge on any atom is -0.399 e. The highest BCUT2D eigenvalue weighted by molar-refractivity contribution is 5.96. The zero-order valence-electron chi connectivity index (χ0n) is 45.3. The average Bonchev–Trinajstić information content (AvgIpc) is 4.21. The fraction of sp³-hybridized carbons (Fsp3) is 0.644. The van der Waals surface area contributed by atoms with E-state index in [4.69, 9.17) is 20.9 Å². The third kappa shape index (κ3) is 12.2. The first-order valence-electron chi connectivity index (χ1n) is 28.1. The van der Waals surface area contributed by atoms with Crippen LogP contribution < -0.4 is 27.4 Å². The van der Waals surface area contributed by atoms with Gasteiger partial charge >= 0.3 is 0 Å². The van der Waals surface area contributed by atoms with Gasteiger partial charge in [0, 0.05) is 85.4 Å². The SMILES string of the molecule is CC/C=C\C(=C(/N)[C@H](C)OC)c1c2c3cc(ccc3n1CC)-c1cc(cc(C(F)F)c1)C[C@H](NC(=O)[C@H](C1CCCC1)N1CC[C@]3(CCN(C(=O)[C@@H]4N[C@@H]4C4CC4)C3)C1)C(=O)NCCC[C@H](N)C(O)OCC(C)(C)C2. The van der Waals surface area contributed by atoms with Gasteiger partial charge in [-0.1, -0.05) is 64.0 Å². The number of fused-ring (bicyclic) bond motifs is 4. The van der Waals surface area contributed by atoms with Crippen molar-refractivity contribution in [1.29, 1.82) is 0 Å². The lowest BCUT2D eigenvalue weighted by Gasteiger charge is -2.34. The number of ether oxygens (including phenoxy) is 2. The monoisotopic (exact) mass is 1040 g/mol. The van der Waals surface area contributed by atoms with Crippen molar-refractivity contribution in [1.82, 2.24) is 30.3 Å². The van der Waals surface area contributed by atoms with Crippen LogP contribution in [0.4, 0.5) is 8.78 Å². The Hall–Kier alpha value is -4.71. The van der Waals surface area contributed by atoms with Crippen molar-refractivity contribution < 1.29 is 37.7 Å². The second-order valence-corrected chi connectivity index (χ2v) is 23.8. The lowest BCUT2D eigenvalue weighted by atomic mass is 9.83. The molecule has 5 fully saturated rings. The number of hydrogen-bond acceptors (Lipinski definition) is 10. The van der Waals surface area contributed by atoms with E-state index in [0.717, 1.165) is 85.8 Å². The molecule has 8 N–H and O–H groups in total. The summed E-state index contributed by atoms with van der Waals surface area (Å²) in [6.07, 6.45) is 9.67. The lowest BCUT2D eigenvalue weighted by molar-refractivity contribution is -0.134. The summed E-state index contributed by atoms with van der Waals surface area (Å²) >= 11 is 0. The Labute approximate surface area is 442 Å². The molecule has 1 unspecified atom stereocenters. The summed E-state index contributed by atoms with van der Waals surface area (Å²) < 4.78 is 44.4. The van der Waals surface area contributed by atoms with E-state index in [0.29, 0.717) is 73.2 Å². The number of carbonyl (C=O) groups is 3. The first kappa shape index (κ1) is 55.1. The van der Waals surface area contributed by atoms with Crippen molar-refractivity contribution in [3.8, 4) is 11.1 Å². The third-order valence-electron chi connectivity index (χ3n) is 17.5. The molecule has 5 heterocycles. The lowest BCUT2D eigenvalue weighted by Crippen LogP contribution is -2.56. The average molecular weight is 1040 g/mol. The molecular weight excluding hydrogens is 955 g/mol. The fourth-order valence-corrected chi connectivity index (χ4v) is 13.0. The minimum atomic E-state index is -2.80. The molecule has 8 atom stereocenters. The molecule has 3 saturated heterocycles. The molecule has 3 amide bonds. The number of alkyl halides is 2. The van der Waals surface area contributed by atoms with E-state index >= 15 is 13.6 Å². The molecule has 2 saturated carbocycles. The van der Waals surface area contributed by atoms with Crippen molar-refractivity contribution in [2.45, 2.75) is 174 Å². The van der Waals surface area contributed by atoms with Crippen molar-refractivity contribution in [2.24, 2.45) is 34.1 Å². The topological polar surface area (TPSA) is 199 Å². The van der Waals surface area contributed by atoms with Crippen LogP contribution in [0.2, 0.25) is 0 Å². The van der Waals surface area contributed by atoms with Crippen LogP contribution >= 0.6 is 0 Å². The molecule has 9 rings (SSSR count). The third-order valence-corrected chi connectivity index (χ3v) is 17.5. The zero-order chi connectivity index (χ0) is 53.3. The van der Waals surface area contributed by atoms with Crippen molar-refractivity contribution >= 4 is 34.2 Å². The second-order valence-electron chi connectivity index (χ2n) is 23.8. The van der Waals surface area contributed by atoms with Crippen LogP contribution in [0.25, 0.3) is 27.6 Å². The van der Waals surface area contributed by atoms with Gasteiger partial charge in [-0.15, -0.1) is 0 Å². The highest BCUT2D eigenvalue weighted by atomic mass is 19.3. The number of nitrogens with one attached hydrogen (secondary N) is 3. The van der Waals surface area contributed by atoms with Crippen molar-refractivity contribution in [2.75, 3.05) is 46.4 Å². The Bertz CT molecular complexity index is 2620. The van der Waals surface area contributed by atoms with Crippen molar-refractivity contribution in [3.05, 3.63) is 76.6 Å².